The third-order valence-corrected chi connectivity index (χ3v) is 39.5. The predicted molar refractivity (Wildman–Crippen MR) is 191 cm³/mol. The summed E-state index contributed by atoms with van der Waals surface area (Å²) in [6.07, 6.45) is 0. The SMILES string of the molecule is c1ccc(C[S][Sn]([S]Cc2ccccc2)([CH](c2ccccc2)c2ccccc2)[CH](c2ccccc2)c2ccccc2)cc1. The van der Waals surface area contributed by atoms with Crippen molar-refractivity contribution in [3.63, 3.8) is 0 Å². The van der Waals surface area contributed by atoms with E-state index in [0.29, 0.717) is 7.87 Å². The predicted octanol–water partition coefficient (Wildman–Crippen LogP) is 11.0. The minimum atomic E-state index is -3.70. The maximum atomic E-state index is 2.38. The van der Waals surface area contributed by atoms with Crippen LogP contribution in [0, 0.1) is 0 Å². The molecule has 0 nitrogen and oxygen atoms in total. The molecule has 212 valence electrons. The Bertz CT molecular complexity index is 1440. The average molecular weight is 700 g/mol. The van der Waals surface area contributed by atoms with Gasteiger partial charge in [-0.15, -0.1) is 0 Å². The summed E-state index contributed by atoms with van der Waals surface area (Å²) in [5, 5.41) is 0. The summed E-state index contributed by atoms with van der Waals surface area (Å²) in [6.45, 7) is 0. The Morgan fingerprint density at radius 3 is 0.814 bits per heavy atom. The molecule has 0 saturated carbocycles. The van der Waals surface area contributed by atoms with E-state index >= 15 is 0 Å². The van der Waals surface area contributed by atoms with Crippen LogP contribution in [0.25, 0.3) is 0 Å². The molecule has 0 atom stereocenters. The molecule has 3 heteroatoms. The second-order valence-electron chi connectivity index (χ2n) is 10.8. The van der Waals surface area contributed by atoms with Gasteiger partial charge in [0.15, 0.2) is 0 Å². The number of hydrogen-bond donors (Lipinski definition) is 0. The van der Waals surface area contributed by atoms with E-state index in [1.165, 1.54) is 33.4 Å². The van der Waals surface area contributed by atoms with Crippen LogP contribution >= 0.6 is 17.9 Å². The topological polar surface area (TPSA) is 0 Å². The molecule has 0 heterocycles. The molecule has 0 aliphatic heterocycles. The molecule has 0 fully saturated rings. The molecular formula is C40H36S2Sn. The van der Waals surface area contributed by atoms with Crippen LogP contribution in [-0.4, -0.2) is 15.6 Å². The van der Waals surface area contributed by atoms with Gasteiger partial charge in [-0.1, -0.05) is 0 Å². The standard InChI is InChI=1S/2C13H11.2C7H8S.Sn/c2*1-3-7-12(8-4-1)11-13-9-5-2-6-10-13;2*8-6-7-4-2-1-3-5-7;/h2*1-11H;2*1-5,8H,6H2;/q;;;;+2/p-2. The van der Waals surface area contributed by atoms with E-state index in [1.54, 1.807) is 0 Å². The van der Waals surface area contributed by atoms with Gasteiger partial charge in [0.1, 0.15) is 0 Å². The van der Waals surface area contributed by atoms with Gasteiger partial charge >= 0.3 is 268 Å². The molecule has 6 aromatic rings. The average Bonchev–Trinajstić information content (AvgIpc) is 3.09. The van der Waals surface area contributed by atoms with Gasteiger partial charge in [-0.2, -0.15) is 0 Å². The van der Waals surface area contributed by atoms with Crippen molar-refractivity contribution in [3.05, 3.63) is 215 Å². The van der Waals surface area contributed by atoms with Crippen molar-refractivity contribution in [2.75, 3.05) is 0 Å². The third kappa shape index (κ3) is 7.31. The molecule has 0 N–H and O–H groups in total. The van der Waals surface area contributed by atoms with Crippen LogP contribution < -0.4 is 0 Å². The Morgan fingerprint density at radius 1 is 0.326 bits per heavy atom. The molecule has 0 bridgehead atoms. The first-order valence-corrected chi connectivity index (χ1v) is 27.1. The van der Waals surface area contributed by atoms with Gasteiger partial charge in [0.2, 0.25) is 0 Å². The first-order chi connectivity index (χ1) is 21.3. The third-order valence-electron chi connectivity index (χ3n) is 7.95. The van der Waals surface area contributed by atoms with Gasteiger partial charge in [-0.05, 0) is 0 Å². The molecule has 0 unspecified atom stereocenters. The van der Waals surface area contributed by atoms with Crippen molar-refractivity contribution < 1.29 is 0 Å². The van der Waals surface area contributed by atoms with Crippen LogP contribution in [0.15, 0.2) is 182 Å². The van der Waals surface area contributed by atoms with Crippen LogP contribution in [0.5, 0.6) is 0 Å². The number of benzene rings is 6. The monoisotopic (exact) mass is 700 g/mol. The van der Waals surface area contributed by atoms with Crippen LogP contribution in [0.3, 0.4) is 0 Å². The normalized spacial score (nSPS) is 11.6. The molecule has 0 saturated heterocycles. The molecule has 0 radical (unpaired) electrons. The van der Waals surface area contributed by atoms with E-state index in [4.69, 9.17) is 0 Å². The second kappa shape index (κ2) is 15.0. The molecule has 6 aromatic carbocycles. The van der Waals surface area contributed by atoms with Crippen molar-refractivity contribution in [2.24, 2.45) is 0 Å². The number of rotatable bonds is 12. The van der Waals surface area contributed by atoms with Crippen molar-refractivity contribution in [1.82, 2.24) is 0 Å². The van der Waals surface area contributed by atoms with E-state index in [2.05, 4.69) is 200 Å². The summed E-state index contributed by atoms with van der Waals surface area (Å²) >= 11 is -3.70. The fraction of sp³-hybridized carbons (Fsp3) is 0.100. The van der Waals surface area contributed by atoms with Crippen molar-refractivity contribution >= 4 is 33.5 Å². The summed E-state index contributed by atoms with van der Waals surface area (Å²) < 4.78 is 0.647. The zero-order valence-electron chi connectivity index (χ0n) is 24.2. The maximum absolute atomic E-state index is 3.70. The molecule has 0 aromatic heterocycles. The van der Waals surface area contributed by atoms with Gasteiger partial charge in [-0.25, -0.2) is 0 Å². The van der Waals surface area contributed by atoms with Gasteiger partial charge in [-0.3, -0.25) is 0 Å². The summed E-state index contributed by atoms with van der Waals surface area (Å²) in [5.41, 5.74) is 8.53. The van der Waals surface area contributed by atoms with Gasteiger partial charge in [0.05, 0.1) is 0 Å². The van der Waals surface area contributed by atoms with E-state index in [-0.39, 0.29) is 0 Å². The first kappa shape index (κ1) is 29.9. The summed E-state index contributed by atoms with van der Waals surface area (Å²) in [7, 11) is 4.62. The Kier molecular flexibility index (Phi) is 10.4. The van der Waals surface area contributed by atoms with Gasteiger partial charge in [0, 0.05) is 0 Å². The zero-order chi connectivity index (χ0) is 29.2. The zero-order valence-corrected chi connectivity index (χ0v) is 28.7. The fourth-order valence-corrected chi connectivity index (χ4v) is 40.8. The Hall–Kier alpha value is -3.18. The number of hydrogen-bond acceptors (Lipinski definition) is 2. The first-order valence-electron chi connectivity index (χ1n) is 14.9. The van der Waals surface area contributed by atoms with E-state index in [0.717, 1.165) is 11.5 Å². The van der Waals surface area contributed by atoms with Crippen molar-refractivity contribution in [3.8, 4) is 0 Å². The molecule has 0 aliphatic carbocycles. The van der Waals surface area contributed by atoms with Crippen LogP contribution in [0.4, 0.5) is 0 Å². The molecule has 0 amide bonds. The Balaban J connectivity index is 1.63. The van der Waals surface area contributed by atoms with Crippen LogP contribution in [0.2, 0.25) is 0 Å². The van der Waals surface area contributed by atoms with E-state index in [9.17, 15) is 0 Å². The second-order valence-corrected chi connectivity index (χ2v) is 35.1. The molecule has 0 aliphatic rings. The summed E-state index contributed by atoms with van der Waals surface area (Å²) in [4.78, 5) is 0. The van der Waals surface area contributed by atoms with Gasteiger partial charge in [0.25, 0.3) is 0 Å². The fourth-order valence-electron chi connectivity index (χ4n) is 5.98. The Morgan fingerprint density at radius 2 is 0.558 bits per heavy atom. The van der Waals surface area contributed by atoms with Crippen LogP contribution in [0.1, 0.15) is 41.2 Å². The molecular weight excluding hydrogens is 663 g/mol. The molecule has 43 heavy (non-hydrogen) atoms. The van der Waals surface area contributed by atoms with Crippen molar-refractivity contribution in [1.29, 1.82) is 0 Å². The minimum absolute atomic E-state index is 0.324. The molecule has 6 rings (SSSR count). The Labute approximate surface area is 266 Å². The van der Waals surface area contributed by atoms with E-state index in [1.807, 2.05) is 0 Å². The van der Waals surface area contributed by atoms with Crippen molar-refractivity contribution in [2.45, 2.75) is 19.4 Å². The summed E-state index contributed by atoms with van der Waals surface area (Å²) in [5.74, 6) is 2.01. The van der Waals surface area contributed by atoms with Gasteiger partial charge < -0.3 is 0 Å². The summed E-state index contributed by atoms with van der Waals surface area (Å²) in [6, 6.07) is 67.6. The van der Waals surface area contributed by atoms with E-state index < -0.39 is 15.6 Å². The van der Waals surface area contributed by atoms with Crippen LogP contribution in [-0.2, 0) is 11.5 Å². The quantitative estimate of drug-likeness (QED) is 0.117. The molecule has 0 spiro atoms.